The Balaban J connectivity index is 2.34. The second-order valence-electron chi connectivity index (χ2n) is 4.07. The molecule has 2 rings (SSSR count). The summed E-state index contributed by atoms with van der Waals surface area (Å²) in [6, 6.07) is 4.33. The molecule has 1 amide bonds. The molecule has 2 N–H and O–H groups in total. The molecule has 6 heteroatoms. The molecule has 1 aliphatic rings. The standard InChI is InChI=1S/C12H11NO5/c14-8-3-1-7(2-4-8)11(12(17)18)13-6-9(15)5-10(13)16/h1-4,11,14H,5-6H2,(H,17,18). The number of benzene rings is 1. The lowest BCUT2D eigenvalue weighted by Gasteiger charge is -2.23. The van der Waals surface area contributed by atoms with Crippen LogP contribution in [0.3, 0.4) is 0 Å². The van der Waals surface area contributed by atoms with Crippen molar-refractivity contribution in [2.75, 3.05) is 6.54 Å². The van der Waals surface area contributed by atoms with E-state index in [1.165, 1.54) is 24.3 Å². The number of phenolic OH excluding ortho intramolecular Hbond substituents is 1. The highest BCUT2D eigenvalue weighted by atomic mass is 16.4. The number of amides is 1. The van der Waals surface area contributed by atoms with Crippen molar-refractivity contribution in [2.45, 2.75) is 12.5 Å². The van der Waals surface area contributed by atoms with E-state index in [0.29, 0.717) is 5.56 Å². The molecular weight excluding hydrogens is 238 g/mol. The van der Waals surface area contributed by atoms with Crippen molar-refractivity contribution in [3.63, 3.8) is 0 Å². The Hall–Kier alpha value is -2.37. The number of phenols is 1. The fraction of sp³-hybridized carbons (Fsp3) is 0.250. The zero-order valence-corrected chi connectivity index (χ0v) is 9.37. The summed E-state index contributed by atoms with van der Waals surface area (Å²) >= 11 is 0. The number of likely N-dealkylation sites (tertiary alicyclic amines) is 1. The third-order valence-corrected chi connectivity index (χ3v) is 2.77. The van der Waals surface area contributed by atoms with Crippen molar-refractivity contribution in [3.05, 3.63) is 29.8 Å². The minimum atomic E-state index is -1.20. The molecular formula is C12H11NO5. The van der Waals surface area contributed by atoms with Gasteiger partial charge in [-0.2, -0.15) is 0 Å². The first-order valence-corrected chi connectivity index (χ1v) is 5.32. The minimum Gasteiger partial charge on any atom is -0.508 e. The molecule has 0 spiro atoms. The summed E-state index contributed by atoms with van der Waals surface area (Å²) < 4.78 is 0. The second kappa shape index (κ2) is 4.48. The van der Waals surface area contributed by atoms with Gasteiger partial charge in [-0.1, -0.05) is 12.1 Å². The predicted octanol–water partition coefficient (Wildman–Crippen LogP) is 0.319. The monoisotopic (exact) mass is 249 g/mol. The van der Waals surface area contributed by atoms with Crippen molar-refractivity contribution in [3.8, 4) is 5.75 Å². The number of Topliss-reactive ketones (excluding diaryl/α,β-unsaturated/α-hetero) is 1. The van der Waals surface area contributed by atoms with E-state index in [2.05, 4.69) is 0 Å². The van der Waals surface area contributed by atoms with Gasteiger partial charge in [-0.05, 0) is 17.7 Å². The van der Waals surface area contributed by atoms with Crippen molar-refractivity contribution in [1.29, 1.82) is 0 Å². The number of aliphatic carboxylic acids is 1. The molecule has 1 unspecified atom stereocenters. The van der Waals surface area contributed by atoms with Gasteiger partial charge in [0.25, 0.3) is 0 Å². The number of hydrogen-bond acceptors (Lipinski definition) is 4. The van der Waals surface area contributed by atoms with Gasteiger partial charge >= 0.3 is 5.97 Å². The van der Waals surface area contributed by atoms with Gasteiger partial charge in [0.05, 0.1) is 13.0 Å². The van der Waals surface area contributed by atoms with Gasteiger partial charge in [0.1, 0.15) is 5.75 Å². The van der Waals surface area contributed by atoms with Crippen LogP contribution < -0.4 is 0 Å². The van der Waals surface area contributed by atoms with Crippen molar-refractivity contribution >= 4 is 17.7 Å². The van der Waals surface area contributed by atoms with E-state index in [0.717, 1.165) is 4.90 Å². The van der Waals surface area contributed by atoms with Crippen molar-refractivity contribution in [1.82, 2.24) is 4.90 Å². The van der Waals surface area contributed by atoms with Crippen LogP contribution >= 0.6 is 0 Å². The van der Waals surface area contributed by atoms with Crippen LogP contribution in [0.15, 0.2) is 24.3 Å². The molecule has 18 heavy (non-hydrogen) atoms. The van der Waals surface area contributed by atoms with Gasteiger partial charge in [0.15, 0.2) is 11.8 Å². The van der Waals surface area contributed by atoms with E-state index in [1.807, 2.05) is 0 Å². The van der Waals surface area contributed by atoms with E-state index in [1.54, 1.807) is 0 Å². The summed E-state index contributed by atoms with van der Waals surface area (Å²) in [4.78, 5) is 35.0. The molecule has 94 valence electrons. The number of rotatable bonds is 3. The first-order valence-electron chi connectivity index (χ1n) is 5.32. The Morgan fingerprint density at radius 2 is 1.83 bits per heavy atom. The largest absolute Gasteiger partial charge is 0.508 e. The van der Waals surface area contributed by atoms with E-state index in [9.17, 15) is 19.5 Å². The van der Waals surface area contributed by atoms with Crippen molar-refractivity contribution < 1.29 is 24.6 Å². The summed E-state index contributed by atoms with van der Waals surface area (Å²) in [6.45, 7) is -0.184. The first kappa shape index (κ1) is 12.1. The molecule has 1 fully saturated rings. The van der Waals surface area contributed by atoms with E-state index in [-0.39, 0.29) is 24.5 Å². The van der Waals surface area contributed by atoms with Crippen LogP contribution in [0.2, 0.25) is 0 Å². The molecule has 1 aromatic carbocycles. The van der Waals surface area contributed by atoms with Gasteiger partial charge in [-0.25, -0.2) is 4.79 Å². The van der Waals surface area contributed by atoms with Crippen LogP contribution in [0.4, 0.5) is 0 Å². The number of hydrogen-bond donors (Lipinski definition) is 2. The lowest BCUT2D eigenvalue weighted by Crippen LogP contribution is -2.35. The maximum absolute atomic E-state index is 11.6. The quantitative estimate of drug-likeness (QED) is 0.752. The fourth-order valence-electron chi connectivity index (χ4n) is 1.95. The molecule has 1 aromatic rings. The third kappa shape index (κ3) is 2.17. The predicted molar refractivity (Wildman–Crippen MR) is 59.8 cm³/mol. The summed E-state index contributed by atoms with van der Waals surface area (Å²) in [7, 11) is 0. The fourth-order valence-corrected chi connectivity index (χ4v) is 1.95. The molecule has 1 heterocycles. The van der Waals surface area contributed by atoms with E-state index < -0.39 is 17.9 Å². The van der Waals surface area contributed by atoms with E-state index in [4.69, 9.17) is 5.11 Å². The number of carboxylic acids is 1. The summed E-state index contributed by atoms with van der Waals surface area (Å²) in [5.74, 6) is -1.97. The van der Waals surface area contributed by atoms with Gasteiger partial charge in [0.2, 0.25) is 5.91 Å². The second-order valence-corrected chi connectivity index (χ2v) is 4.07. The maximum atomic E-state index is 11.6. The molecule has 0 radical (unpaired) electrons. The maximum Gasteiger partial charge on any atom is 0.331 e. The topological polar surface area (TPSA) is 94.9 Å². The number of ketones is 1. The molecule has 1 atom stereocenters. The van der Waals surface area contributed by atoms with Gasteiger partial charge < -0.3 is 15.1 Å². The molecule has 0 aliphatic carbocycles. The Bertz CT molecular complexity index is 508. The number of carbonyl (C=O) groups is 3. The molecule has 1 saturated heterocycles. The van der Waals surface area contributed by atoms with Crippen LogP contribution in [-0.4, -0.2) is 39.3 Å². The highest BCUT2D eigenvalue weighted by Crippen LogP contribution is 2.26. The zero-order valence-electron chi connectivity index (χ0n) is 9.37. The van der Waals surface area contributed by atoms with Gasteiger partial charge in [0, 0.05) is 0 Å². The van der Waals surface area contributed by atoms with Crippen LogP contribution in [0.25, 0.3) is 0 Å². The first-order chi connectivity index (χ1) is 8.49. The van der Waals surface area contributed by atoms with Crippen molar-refractivity contribution in [2.24, 2.45) is 0 Å². The van der Waals surface area contributed by atoms with Gasteiger partial charge in [-0.15, -0.1) is 0 Å². The average Bonchev–Trinajstić information content (AvgIpc) is 2.61. The van der Waals surface area contributed by atoms with Crippen LogP contribution in [0.5, 0.6) is 5.75 Å². The number of carbonyl (C=O) groups excluding carboxylic acids is 2. The highest BCUT2D eigenvalue weighted by Gasteiger charge is 2.37. The molecule has 6 nitrogen and oxygen atoms in total. The normalized spacial score (nSPS) is 17.0. The molecule has 1 aliphatic heterocycles. The number of carboxylic acid groups (broad SMARTS) is 1. The summed E-state index contributed by atoms with van der Waals surface area (Å²) in [6.07, 6.45) is -0.248. The molecule has 0 bridgehead atoms. The molecule has 0 aromatic heterocycles. The Morgan fingerprint density at radius 3 is 2.28 bits per heavy atom. The van der Waals surface area contributed by atoms with Crippen LogP contribution in [0.1, 0.15) is 18.0 Å². The summed E-state index contributed by atoms with van der Waals surface area (Å²) in [5, 5.41) is 18.3. The number of aromatic hydroxyl groups is 1. The lowest BCUT2D eigenvalue weighted by molar-refractivity contribution is -0.148. The van der Waals surface area contributed by atoms with E-state index >= 15 is 0 Å². The minimum absolute atomic E-state index is 0.00622. The SMILES string of the molecule is O=C1CC(=O)N(C(C(=O)O)c2ccc(O)cc2)C1. The zero-order chi connectivity index (χ0) is 13.3. The van der Waals surface area contributed by atoms with Gasteiger partial charge in [-0.3, -0.25) is 9.59 Å². The molecule has 0 saturated carbocycles. The smallest absolute Gasteiger partial charge is 0.331 e. The lowest BCUT2D eigenvalue weighted by atomic mass is 10.1. The average molecular weight is 249 g/mol. The van der Waals surface area contributed by atoms with Crippen LogP contribution in [-0.2, 0) is 14.4 Å². The summed E-state index contributed by atoms with van der Waals surface area (Å²) in [5.41, 5.74) is 0.350. The number of nitrogens with zero attached hydrogens (tertiary/aromatic N) is 1. The van der Waals surface area contributed by atoms with Crippen LogP contribution in [0, 0.1) is 0 Å². The third-order valence-electron chi connectivity index (χ3n) is 2.77. The Labute approximate surface area is 102 Å². The Morgan fingerprint density at radius 1 is 1.22 bits per heavy atom. The highest BCUT2D eigenvalue weighted by molar-refractivity contribution is 6.06. The Kier molecular flexibility index (Phi) is 3.01.